The smallest absolute Gasteiger partial charge is 0.255 e. The summed E-state index contributed by atoms with van der Waals surface area (Å²) in [7, 11) is 2.12. The van der Waals surface area contributed by atoms with Crippen LogP contribution in [0.2, 0.25) is 0 Å². The second-order valence-corrected chi connectivity index (χ2v) is 5.83. The van der Waals surface area contributed by atoms with Gasteiger partial charge >= 0.3 is 0 Å². The molecule has 0 saturated heterocycles. The van der Waals surface area contributed by atoms with E-state index in [1.165, 1.54) is 11.1 Å². The summed E-state index contributed by atoms with van der Waals surface area (Å²) in [4.78, 5) is 14.6. The van der Waals surface area contributed by atoms with Crippen molar-refractivity contribution in [2.45, 2.75) is 19.5 Å². The highest BCUT2D eigenvalue weighted by molar-refractivity contribution is 6.04. The van der Waals surface area contributed by atoms with Crippen LogP contribution in [0, 0.1) is 0 Å². The normalized spacial score (nSPS) is 13.2. The van der Waals surface area contributed by atoms with E-state index >= 15 is 0 Å². The van der Waals surface area contributed by atoms with Gasteiger partial charge in [-0.3, -0.25) is 4.79 Å². The Kier molecular flexibility index (Phi) is 7.70. The van der Waals surface area contributed by atoms with E-state index in [0.717, 1.165) is 30.8 Å². The average Bonchev–Trinajstić information content (AvgIpc) is 2.54. The quantitative estimate of drug-likeness (QED) is 0.875. The first-order valence-corrected chi connectivity index (χ1v) is 7.56. The van der Waals surface area contributed by atoms with Crippen LogP contribution in [-0.2, 0) is 19.5 Å². The molecular formula is C18H23Cl2N3O. The molecule has 4 nitrogen and oxygen atoms in total. The molecule has 2 aromatic carbocycles. The van der Waals surface area contributed by atoms with E-state index in [-0.39, 0.29) is 30.7 Å². The van der Waals surface area contributed by atoms with Gasteiger partial charge in [-0.05, 0) is 54.4 Å². The number of hydrogen-bond donors (Lipinski definition) is 2. The fourth-order valence-electron chi connectivity index (χ4n) is 2.82. The van der Waals surface area contributed by atoms with Crippen molar-refractivity contribution in [2.75, 3.05) is 18.9 Å². The molecule has 1 aliphatic heterocycles. The van der Waals surface area contributed by atoms with E-state index in [1.807, 2.05) is 24.3 Å². The van der Waals surface area contributed by atoms with Crippen LogP contribution in [0.15, 0.2) is 42.5 Å². The number of benzene rings is 2. The number of carbonyl (C=O) groups excluding carboxylic acids is 1. The molecule has 0 saturated carbocycles. The van der Waals surface area contributed by atoms with Crippen molar-refractivity contribution in [3.63, 3.8) is 0 Å². The van der Waals surface area contributed by atoms with Gasteiger partial charge in [0.05, 0.1) is 0 Å². The molecule has 3 N–H and O–H groups in total. The first-order valence-electron chi connectivity index (χ1n) is 7.56. The number of carbonyl (C=O) groups is 1. The Balaban J connectivity index is 0.00000144. The van der Waals surface area contributed by atoms with Crippen molar-refractivity contribution in [3.8, 4) is 0 Å². The number of rotatable bonds is 3. The zero-order valence-electron chi connectivity index (χ0n) is 13.6. The van der Waals surface area contributed by atoms with Gasteiger partial charge in [-0.25, -0.2) is 0 Å². The highest BCUT2D eigenvalue weighted by Gasteiger charge is 2.14. The Labute approximate surface area is 155 Å². The summed E-state index contributed by atoms with van der Waals surface area (Å²) in [5, 5.41) is 2.98. The molecule has 1 aliphatic rings. The van der Waals surface area contributed by atoms with Crippen molar-refractivity contribution in [2.24, 2.45) is 5.73 Å². The van der Waals surface area contributed by atoms with E-state index in [4.69, 9.17) is 5.73 Å². The fraction of sp³-hybridized carbons (Fsp3) is 0.278. The lowest BCUT2D eigenvalue weighted by molar-refractivity contribution is 0.102. The molecule has 0 radical (unpaired) electrons. The van der Waals surface area contributed by atoms with Gasteiger partial charge in [0, 0.05) is 30.9 Å². The van der Waals surface area contributed by atoms with Gasteiger partial charge < -0.3 is 16.0 Å². The van der Waals surface area contributed by atoms with Crippen molar-refractivity contribution < 1.29 is 4.79 Å². The molecule has 1 amide bonds. The maximum Gasteiger partial charge on any atom is 0.255 e. The summed E-state index contributed by atoms with van der Waals surface area (Å²) in [5.41, 5.74) is 10.7. The van der Waals surface area contributed by atoms with Crippen LogP contribution < -0.4 is 11.1 Å². The molecule has 2 aromatic rings. The Morgan fingerprint density at radius 1 is 1.17 bits per heavy atom. The van der Waals surface area contributed by atoms with Gasteiger partial charge in [0.1, 0.15) is 0 Å². The average molecular weight is 368 g/mol. The van der Waals surface area contributed by atoms with Crippen LogP contribution in [0.5, 0.6) is 0 Å². The van der Waals surface area contributed by atoms with Gasteiger partial charge in [-0.15, -0.1) is 24.8 Å². The molecule has 1 heterocycles. The third-order valence-corrected chi connectivity index (χ3v) is 4.09. The second kappa shape index (κ2) is 9.04. The minimum atomic E-state index is -0.0978. The van der Waals surface area contributed by atoms with Crippen molar-refractivity contribution >= 4 is 36.4 Å². The van der Waals surface area contributed by atoms with Gasteiger partial charge in [0.2, 0.25) is 0 Å². The predicted octanol–water partition coefficient (Wildman–Crippen LogP) is 3.23. The Bertz CT molecular complexity index is 706. The number of hydrogen-bond acceptors (Lipinski definition) is 3. The molecule has 24 heavy (non-hydrogen) atoms. The standard InChI is InChI=1S/C18H21N3O.2ClH/c1-21-8-7-14-5-6-17(10-16(14)12-21)20-18(22)15-4-2-3-13(9-15)11-19;;/h2-6,9-10H,7-8,11-12,19H2,1H3,(H,20,22);2*1H. The lowest BCUT2D eigenvalue weighted by Gasteiger charge is -2.25. The van der Waals surface area contributed by atoms with E-state index in [9.17, 15) is 4.79 Å². The van der Waals surface area contributed by atoms with E-state index in [0.29, 0.717) is 12.1 Å². The Morgan fingerprint density at radius 3 is 2.71 bits per heavy atom. The Hall–Kier alpha value is -1.59. The van der Waals surface area contributed by atoms with Crippen LogP contribution >= 0.6 is 24.8 Å². The molecule has 0 aliphatic carbocycles. The van der Waals surface area contributed by atoms with Crippen LogP contribution in [-0.4, -0.2) is 24.4 Å². The largest absolute Gasteiger partial charge is 0.326 e. The van der Waals surface area contributed by atoms with E-state index in [1.54, 1.807) is 6.07 Å². The first-order chi connectivity index (χ1) is 10.7. The van der Waals surface area contributed by atoms with Crippen LogP contribution in [0.25, 0.3) is 0 Å². The summed E-state index contributed by atoms with van der Waals surface area (Å²) in [6.45, 7) is 2.46. The minimum Gasteiger partial charge on any atom is -0.326 e. The number of amides is 1. The van der Waals surface area contributed by atoms with Gasteiger partial charge in [0.15, 0.2) is 0 Å². The highest BCUT2D eigenvalue weighted by Crippen LogP contribution is 2.22. The molecule has 0 fully saturated rings. The zero-order chi connectivity index (χ0) is 15.5. The number of halogens is 2. The molecule has 0 unspecified atom stereocenters. The summed E-state index contributed by atoms with van der Waals surface area (Å²) in [5.74, 6) is -0.0978. The molecule has 130 valence electrons. The highest BCUT2D eigenvalue weighted by atomic mass is 35.5. The maximum atomic E-state index is 12.4. The SMILES string of the molecule is CN1CCc2ccc(NC(=O)c3cccc(CN)c3)cc2C1.Cl.Cl. The molecule has 0 bridgehead atoms. The van der Waals surface area contributed by atoms with Gasteiger partial charge in [-0.1, -0.05) is 18.2 Å². The monoisotopic (exact) mass is 367 g/mol. The molecule has 0 spiro atoms. The van der Waals surface area contributed by atoms with Crippen molar-refractivity contribution in [1.82, 2.24) is 4.90 Å². The Morgan fingerprint density at radius 2 is 1.96 bits per heavy atom. The van der Waals surface area contributed by atoms with Gasteiger partial charge in [-0.2, -0.15) is 0 Å². The number of nitrogens with zero attached hydrogens (tertiary/aromatic N) is 1. The molecule has 0 atom stereocenters. The number of likely N-dealkylation sites (N-methyl/N-ethyl adjacent to an activating group) is 1. The third-order valence-electron chi connectivity index (χ3n) is 4.09. The topological polar surface area (TPSA) is 58.4 Å². The fourth-order valence-corrected chi connectivity index (χ4v) is 2.82. The molecule has 3 rings (SSSR count). The molecular weight excluding hydrogens is 345 g/mol. The van der Waals surface area contributed by atoms with E-state index in [2.05, 4.69) is 29.4 Å². The van der Waals surface area contributed by atoms with Crippen LogP contribution in [0.1, 0.15) is 27.0 Å². The summed E-state index contributed by atoms with van der Waals surface area (Å²) in [6.07, 6.45) is 1.07. The van der Waals surface area contributed by atoms with Gasteiger partial charge in [0.25, 0.3) is 5.91 Å². The lowest BCUT2D eigenvalue weighted by atomic mass is 9.99. The van der Waals surface area contributed by atoms with Crippen molar-refractivity contribution in [3.05, 3.63) is 64.7 Å². The number of nitrogens with two attached hydrogens (primary N) is 1. The van der Waals surface area contributed by atoms with Crippen molar-refractivity contribution in [1.29, 1.82) is 0 Å². The third kappa shape index (κ3) is 4.71. The lowest BCUT2D eigenvalue weighted by Crippen LogP contribution is -2.26. The first kappa shape index (κ1) is 20.5. The van der Waals surface area contributed by atoms with Crippen LogP contribution in [0.4, 0.5) is 5.69 Å². The molecule has 6 heteroatoms. The summed E-state index contributed by atoms with van der Waals surface area (Å²) >= 11 is 0. The van der Waals surface area contributed by atoms with Crippen LogP contribution in [0.3, 0.4) is 0 Å². The minimum absolute atomic E-state index is 0. The second-order valence-electron chi connectivity index (χ2n) is 5.83. The van der Waals surface area contributed by atoms with E-state index < -0.39 is 0 Å². The summed E-state index contributed by atoms with van der Waals surface area (Å²) in [6, 6.07) is 13.6. The predicted molar refractivity (Wildman–Crippen MR) is 103 cm³/mol. The number of anilines is 1. The maximum absolute atomic E-state index is 12.4. The molecule has 0 aromatic heterocycles. The number of fused-ring (bicyclic) bond motifs is 1. The number of nitrogens with one attached hydrogen (secondary N) is 1. The zero-order valence-corrected chi connectivity index (χ0v) is 15.3. The summed E-state index contributed by atoms with van der Waals surface area (Å²) < 4.78 is 0.